The molecular weight excluding hydrogens is 252 g/mol. The fraction of sp³-hybridized carbons (Fsp3) is 0.455. The first kappa shape index (κ1) is 11.6. The summed E-state index contributed by atoms with van der Waals surface area (Å²) in [4.78, 5) is 4.17. The van der Waals surface area contributed by atoms with Crippen molar-refractivity contribution in [2.75, 3.05) is 19.3 Å². The van der Waals surface area contributed by atoms with Crippen molar-refractivity contribution in [3.63, 3.8) is 0 Å². The van der Waals surface area contributed by atoms with Gasteiger partial charge in [0.15, 0.2) is 5.65 Å². The number of aromatic amines is 1. The minimum atomic E-state index is -3.10. The zero-order chi connectivity index (χ0) is 12.8. The highest BCUT2D eigenvalue weighted by atomic mass is 32.2. The zero-order valence-electron chi connectivity index (χ0n) is 10.00. The number of nitrogens with zero attached hydrogens (tertiary/aromatic N) is 3. The molecule has 0 spiro atoms. The van der Waals surface area contributed by atoms with Crippen LogP contribution in [0.1, 0.15) is 18.0 Å². The van der Waals surface area contributed by atoms with Gasteiger partial charge in [-0.25, -0.2) is 17.7 Å². The number of nitrogens with one attached hydrogen (secondary N) is 1. The number of aromatic nitrogens is 3. The smallest absolute Gasteiger partial charge is 0.211 e. The third kappa shape index (κ3) is 1.89. The van der Waals surface area contributed by atoms with Gasteiger partial charge < -0.3 is 0 Å². The average Bonchev–Trinajstić information content (AvgIpc) is 2.94. The van der Waals surface area contributed by atoms with Crippen LogP contribution in [0.2, 0.25) is 0 Å². The van der Waals surface area contributed by atoms with Crippen molar-refractivity contribution < 1.29 is 8.42 Å². The highest BCUT2D eigenvalue weighted by Crippen LogP contribution is 2.30. The van der Waals surface area contributed by atoms with E-state index >= 15 is 0 Å². The van der Waals surface area contributed by atoms with Crippen LogP contribution in [0.4, 0.5) is 0 Å². The third-order valence-corrected chi connectivity index (χ3v) is 4.66. The number of H-pyrrole nitrogens is 1. The Morgan fingerprint density at radius 2 is 2.33 bits per heavy atom. The van der Waals surface area contributed by atoms with Crippen LogP contribution in [0.25, 0.3) is 11.0 Å². The molecule has 1 N–H and O–H groups in total. The van der Waals surface area contributed by atoms with Gasteiger partial charge in [-0.15, -0.1) is 0 Å². The topological polar surface area (TPSA) is 79.0 Å². The maximum absolute atomic E-state index is 11.5. The minimum Gasteiger partial charge on any atom is -0.279 e. The van der Waals surface area contributed by atoms with Crippen molar-refractivity contribution in [1.29, 1.82) is 0 Å². The Labute approximate surface area is 105 Å². The van der Waals surface area contributed by atoms with Crippen LogP contribution in [-0.2, 0) is 10.0 Å². The molecule has 0 saturated carbocycles. The number of sulfonamides is 1. The summed E-state index contributed by atoms with van der Waals surface area (Å²) in [6.07, 6.45) is 3.77. The predicted octanol–water partition coefficient (Wildman–Crippen LogP) is 0.707. The summed E-state index contributed by atoms with van der Waals surface area (Å²) < 4.78 is 24.5. The molecule has 7 heteroatoms. The van der Waals surface area contributed by atoms with Gasteiger partial charge in [-0.2, -0.15) is 5.10 Å². The molecular formula is C11H14N4O2S. The summed E-state index contributed by atoms with van der Waals surface area (Å²) in [6.45, 7) is 1.09. The maximum atomic E-state index is 11.5. The Bertz CT molecular complexity index is 679. The van der Waals surface area contributed by atoms with Gasteiger partial charge in [0.1, 0.15) is 0 Å². The maximum Gasteiger partial charge on any atom is 0.211 e. The van der Waals surface area contributed by atoms with Gasteiger partial charge in [-0.1, -0.05) is 0 Å². The van der Waals surface area contributed by atoms with Gasteiger partial charge in [0.05, 0.1) is 6.26 Å². The van der Waals surface area contributed by atoms with Crippen LogP contribution in [0.3, 0.4) is 0 Å². The molecule has 1 saturated heterocycles. The Morgan fingerprint density at radius 3 is 3.06 bits per heavy atom. The largest absolute Gasteiger partial charge is 0.279 e. The van der Waals surface area contributed by atoms with Crippen molar-refractivity contribution >= 4 is 21.1 Å². The standard InChI is InChI=1S/C11H14N4O2S/c1-18(16,17)15-6-4-8(7-15)10-9-3-2-5-12-11(9)14-13-10/h2-3,5,8H,4,6-7H2,1H3,(H,12,13,14). The first-order valence-electron chi connectivity index (χ1n) is 5.80. The van der Waals surface area contributed by atoms with Gasteiger partial charge in [-0.05, 0) is 18.6 Å². The highest BCUT2D eigenvalue weighted by molar-refractivity contribution is 7.88. The van der Waals surface area contributed by atoms with Crippen LogP contribution in [0, 0.1) is 0 Å². The second-order valence-electron chi connectivity index (χ2n) is 4.62. The molecule has 1 atom stereocenters. The van der Waals surface area contributed by atoms with Crippen molar-refractivity contribution in [1.82, 2.24) is 19.5 Å². The molecule has 1 unspecified atom stereocenters. The molecule has 3 heterocycles. The van der Waals surface area contributed by atoms with Gasteiger partial charge in [0.25, 0.3) is 0 Å². The summed E-state index contributed by atoms with van der Waals surface area (Å²) in [5, 5.41) is 8.12. The normalized spacial score (nSPS) is 21.7. The number of hydrogen-bond donors (Lipinski definition) is 1. The Morgan fingerprint density at radius 1 is 1.50 bits per heavy atom. The monoisotopic (exact) mass is 266 g/mol. The molecule has 1 aliphatic rings. The number of hydrogen-bond acceptors (Lipinski definition) is 4. The average molecular weight is 266 g/mol. The molecule has 1 fully saturated rings. The van der Waals surface area contributed by atoms with E-state index in [0.717, 1.165) is 17.5 Å². The number of pyridine rings is 1. The van der Waals surface area contributed by atoms with E-state index in [-0.39, 0.29) is 5.92 Å². The lowest BCUT2D eigenvalue weighted by molar-refractivity contribution is 0.478. The van der Waals surface area contributed by atoms with Gasteiger partial charge in [-0.3, -0.25) is 5.10 Å². The van der Waals surface area contributed by atoms with Crippen molar-refractivity contribution in [2.24, 2.45) is 0 Å². The fourth-order valence-corrected chi connectivity index (χ4v) is 3.33. The summed E-state index contributed by atoms with van der Waals surface area (Å²) in [6, 6.07) is 3.83. The molecule has 0 bridgehead atoms. The Kier molecular flexibility index (Phi) is 2.60. The van der Waals surface area contributed by atoms with Crippen molar-refractivity contribution in [2.45, 2.75) is 12.3 Å². The molecule has 3 rings (SSSR count). The van der Waals surface area contributed by atoms with E-state index in [9.17, 15) is 8.42 Å². The third-order valence-electron chi connectivity index (χ3n) is 3.39. The van der Waals surface area contributed by atoms with Crippen LogP contribution >= 0.6 is 0 Å². The first-order chi connectivity index (χ1) is 8.55. The van der Waals surface area contributed by atoms with Crippen LogP contribution in [0.15, 0.2) is 18.3 Å². The molecule has 0 aromatic carbocycles. The number of fused-ring (bicyclic) bond motifs is 1. The van der Waals surface area contributed by atoms with Crippen molar-refractivity contribution in [3.8, 4) is 0 Å². The van der Waals surface area contributed by atoms with Crippen LogP contribution in [-0.4, -0.2) is 47.2 Å². The zero-order valence-corrected chi connectivity index (χ0v) is 10.8. The molecule has 2 aromatic rings. The summed E-state index contributed by atoms with van der Waals surface area (Å²) in [5.41, 5.74) is 1.68. The minimum absolute atomic E-state index is 0.175. The Hall–Kier alpha value is -1.47. The quantitative estimate of drug-likeness (QED) is 0.868. The van der Waals surface area contributed by atoms with E-state index in [0.29, 0.717) is 18.7 Å². The summed E-state index contributed by atoms with van der Waals surface area (Å²) >= 11 is 0. The van der Waals surface area contributed by atoms with Crippen LogP contribution < -0.4 is 0 Å². The summed E-state index contributed by atoms with van der Waals surface area (Å²) in [5.74, 6) is 0.175. The van der Waals surface area contributed by atoms with Crippen LogP contribution in [0.5, 0.6) is 0 Å². The second kappa shape index (κ2) is 4.03. The Balaban J connectivity index is 1.93. The predicted molar refractivity (Wildman–Crippen MR) is 67.7 cm³/mol. The van der Waals surface area contributed by atoms with E-state index in [1.165, 1.54) is 10.6 Å². The molecule has 6 nitrogen and oxygen atoms in total. The molecule has 2 aromatic heterocycles. The van der Waals surface area contributed by atoms with E-state index in [4.69, 9.17) is 0 Å². The molecule has 96 valence electrons. The number of rotatable bonds is 2. The van der Waals surface area contributed by atoms with Crippen molar-refractivity contribution in [3.05, 3.63) is 24.0 Å². The second-order valence-corrected chi connectivity index (χ2v) is 6.60. The molecule has 0 radical (unpaired) electrons. The molecule has 18 heavy (non-hydrogen) atoms. The van der Waals surface area contributed by atoms with E-state index in [1.54, 1.807) is 6.20 Å². The first-order valence-corrected chi connectivity index (χ1v) is 7.64. The lowest BCUT2D eigenvalue weighted by atomic mass is 10.0. The molecule has 0 aliphatic carbocycles. The summed E-state index contributed by atoms with van der Waals surface area (Å²) in [7, 11) is -3.10. The SMILES string of the molecule is CS(=O)(=O)N1CCC(c2[nH]nc3ncccc23)C1. The van der Waals surface area contributed by atoms with E-state index < -0.39 is 10.0 Å². The van der Waals surface area contributed by atoms with Gasteiger partial charge >= 0.3 is 0 Å². The molecule has 0 amide bonds. The molecule has 1 aliphatic heterocycles. The fourth-order valence-electron chi connectivity index (χ4n) is 2.45. The van der Waals surface area contributed by atoms with E-state index in [1.807, 2.05) is 12.1 Å². The highest BCUT2D eigenvalue weighted by Gasteiger charge is 2.31. The lowest BCUT2D eigenvalue weighted by Crippen LogP contribution is -2.27. The van der Waals surface area contributed by atoms with E-state index in [2.05, 4.69) is 15.2 Å². The lowest BCUT2D eigenvalue weighted by Gasteiger charge is -2.12. The van der Waals surface area contributed by atoms with Gasteiger partial charge in [0, 0.05) is 36.3 Å². The van der Waals surface area contributed by atoms with Gasteiger partial charge in [0.2, 0.25) is 10.0 Å².